The molecule has 20 heavy (non-hydrogen) atoms. The number of ether oxygens (including phenoxy) is 1. The minimum Gasteiger partial charge on any atom is -0.383 e. The number of rotatable bonds is 7. The molecular weight excluding hydrogens is 278 g/mol. The second kappa shape index (κ2) is 7.22. The Hall–Kier alpha value is -1.64. The lowest BCUT2D eigenvalue weighted by Crippen LogP contribution is -2.19. The summed E-state index contributed by atoms with van der Waals surface area (Å²) in [6, 6.07) is 3.89. The lowest BCUT2D eigenvalue weighted by Gasteiger charge is -2.08. The molecule has 2 aromatic heterocycles. The largest absolute Gasteiger partial charge is 0.383 e. The molecule has 108 valence electrons. The van der Waals surface area contributed by atoms with Gasteiger partial charge in [0.05, 0.1) is 6.61 Å². The highest BCUT2D eigenvalue weighted by Crippen LogP contribution is 2.25. The number of hydrogen-bond acceptors (Lipinski definition) is 6. The Kier molecular flexibility index (Phi) is 5.33. The Balaban J connectivity index is 2.07. The van der Waals surface area contributed by atoms with E-state index >= 15 is 0 Å². The van der Waals surface area contributed by atoms with E-state index in [1.165, 1.54) is 16.3 Å². The maximum atomic E-state index is 11.3. The normalized spacial score (nSPS) is 10.9. The molecule has 0 saturated carbocycles. The third-order valence-corrected chi connectivity index (χ3v) is 3.78. The molecule has 2 heterocycles. The van der Waals surface area contributed by atoms with Gasteiger partial charge in [0, 0.05) is 33.4 Å². The highest BCUT2D eigenvalue weighted by atomic mass is 32.2. The maximum Gasteiger partial charge on any atom is 0.343 e. The summed E-state index contributed by atoms with van der Waals surface area (Å²) < 4.78 is 6.45. The SMILES string of the molecule is COCCNCc1cccnc1Sc1n[nH]c(=O)n1C. The van der Waals surface area contributed by atoms with Crippen molar-refractivity contribution in [3.8, 4) is 0 Å². The van der Waals surface area contributed by atoms with Crippen LogP contribution in [0, 0.1) is 0 Å². The van der Waals surface area contributed by atoms with Crippen LogP contribution in [0.5, 0.6) is 0 Å². The summed E-state index contributed by atoms with van der Waals surface area (Å²) in [6.07, 6.45) is 1.73. The number of hydrogen-bond donors (Lipinski definition) is 2. The van der Waals surface area contributed by atoms with Crippen LogP contribution in [0.15, 0.2) is 33.3 Å². The van der Waals surface area contributed by atoms with E-state index < -0.39 is 0 Å². The first-order valence-electron chi connectivity index (χ1n) is 6.15. The maximum absolute atomic E-state index is 11.3. The summed E-state index contributed by atoms with van der Waals surface area (Å²) in [5, 5.41) is 11.1. The smallest absolute Gasteiger partial charge is 0.343 e. The first-order valence-corrected chi connectivity index (χ1v) is 6.97. The summed E-state index contributed by atoms with van der Waals surface area (Å²) in [7, 11) is 3.35. The van der Waals surface area contributed by atoms with Crippen molar-refractivity contribution in [3.63, 3.8) is 0 Å². The van der Waals surface area contributed by atoms with Gasteiger partial charge in [0.15, 0.2) is 5.16 Å². The summed E-state index contributed by atoms with van der Waals surface area (Å²) in [5.41, 5.74) is 0.826. The fraction of sp³-hybridized carbons (Fsp3) is 0.417. The third kappa shape index (κ3) is 3.69. The first-order chi connectivity index (χ1) is 9.72. The average Bonchev–Trinajstić information content (AvgIpc) is 2.77. The van der Waals surface area contributed by atoms with Crippen LogP contribution in [-0.4, -0.2) is 40.0 Å². The summed E-state index contributed by atoms with van der Waals surface area (Å²) in [5.74, 6) is 0. The first kappa shape index (κ1) is 14.8. The molecule has 7 nitrogen and oxygen atoms in total. The van der Waals surface area contributed by atoms with Crippen LogP contribution in [0.4, 0.5) is 0 Å². The molecule has 2 aromatic rings. The molecule has 2 N–H and O–H groups in total. The summed E-state index contributed by atoms with van der Waals surface area (Å²) >= 11 is 1.36. The number of aromatic amines is 1. The zero-order valence-electron chi connectivity index (χ0n) is 11.4. The molecule has 0 aliphatic rings. The van der Waals surface area contributed by atoms with Crippen molar-refractivity contribution in [1.29, 1.82) is 0 Å². The number of aromatic nitrogens is 4. The highest BCUT2D eigenvalue weighted by Gasteiger charge is 2.10. The number of nitrogens with zero attached hydrogens (tertiary/aromatic N) is 3. The third-order valence-electron chi connectivity index (χ3n) is 2.68. The summed E-state index contributed by atoms with van der Waals surface area (Å²) in [4.78, 5) is 15.7. The van der Waals surface area contributed by atoms with Crippen LogP contribution in [0.25, 0.3) is 0 Å². The minimum atomic E-state index is -0.233. The molecule has 0 fully saturated rings. The molecule has 0 aliphatic heterocycles. The fourth-order valence-corrected chi connectivity index (χ4v) is 2.43. The van der Waals surface area contributed by atoms with E-state index in [1.807, 2.05) is 12.1 Å². The predicted molar refractivity (Wildman–Crippen MR) is 75.8 cm³/mol. The predicted octanol–water partition coefficient (Wildman–Crippen LogP) is 0.391. The monoisotopic (exact) mass is 295 g/mol. The topological polar surface area (TPSA) is 84.8 Å². The van der Waals surface area contributed by atoms with Gasteiger partial charge < -0.3 is 10.1 Å². The Bertz CT molecular complexity index is 610. The van der Waals surface area contributed by atoms with Crippen molar-refractivity contribution < 1.29 is 4.74 Å². The minimum absolute atomic E-state index is 0.233. The number of nitrogens with one attached hydrogen (secondary N) is 2. The molecule has 0 radical (unpaired) electrons. The molecule has 2 rings (SSSR count). The molecule has 0 saturated heterocycles. The number of methoxy groups -OCH3 is 1. The molecule has 0 amide bonds. The van der Waals surface area contributed by atoms with Crippen molar-refractivity contribution in [3.05, 3.63) is 34.4 Å². The molecule has 0 atom stereocenters. The standard InChI is InChI=1S/C12H17N5O2S/c1-17-11(18)15-16-12(17)20-10-9(4-3-5-14-10)8-13-6-7-19-2/h3-5,13H,6-8H2,1-2H3,(H,15,18). The number of H-pyrrole nitrogens is 1. The molecule has 0 aliphatic carbocycles. The zero-order chi connectivity index (χ0) is 14.4. The van der Waals surface area contributed by atoms with Crippen LogP contribution in [0.2, 0.25) is 0 Å². The van der Waals surface area contributed by atoms with E-state index in [2.05, 4.69) is 20.5 Å². The fourth-order valence-electron chi connectivity index (χ4n) is 1.56. The zero-order valence-corrected chi connectivity index (χ0v) is 12.2. The van der Waals surface area contributed by atoms with Crippen LogP contribution < -0.4 is 11.0 Å². The molecule has 8 heteroatoms. The van der Waals surface area contributed by atoms with Gasteiger partial charge in [-0.2, -0.15) is 0 Å². The van der Waals surface area contributed by atoms with Gasteiger partial charge in [0.25, 0.3) is 0 Å². The highest BCUT2D eigenvalue weighted by molar-refractivity contribution is 7.99. The van der Waals surface area contributed by atoms with Crippen LogP contribution >= 0.6 is 11.8 Å². The van der Waals surface area contributed by atoms with Crippen LogP contribution in [-0.2, 0) is 18.3 Å². The van der Waals surface area contributed by atoms with E-state index in [4.69, 9.17) is 4.74 Å². The van der Waals surface area contributed by atoms with Gasteiger partial charge in [-0.15, -0.1) is 5.10 Å². The lowest BCUT2D eigenvalue weighted by molar-refractivity contribution is 0.199. The second-order valence-electron chi connectivity index (χ2n) is 4.11. The van der Waals surface area contributed by atoms with Crippen molar-refractivity contribution in [2.45, 2.75) is 16.7 Å². The van der Waals surface area contributed by atoms with E-state index in [0.717, 1.165) is 17.1 Å². The van der Waals surface area contributed by atoms with E-state index in [-0.39, 0.29) is 5.69 Å². The lowest BCUT2D eigenvalue weighted by atomic mass is 10.3. The second-order valence-corrected chi connectivity index (χ2v) is 5.07. The van der Waals surface area contributed by atoms with Crippen LogP contribution in [0.1, 0.15) is 5.56 Å². The molecule has 0 aromatic carbocycles. The molecule has 0 spiro atoms. The summed E-state index contributed by atoms with van der Waals surface area (Å²) in [6.45, 7) is 2.13. The van der Waals surface area contributed by atoms with E-state index in [0.29, 0.717) is 18.3 Å². The van der Waals surface area contributed by atoms with Gasteiger partial charge >= 0.3 is 5.69 Å². The Morgan fingerprint density at radius 3 is 3.10 bits per heavy atom. The van der Waals surface area contributed by atoms with Gasteiger partial charge in [-0.05, 0) is 23.4 Å². The van der Waals surface area contributed by atoms with Crippen molar-refractivity contribution in [1.82, 2.24) is 25.1 Å². The van der Waals surface area contributed by atoms with E-state index in [9.17, 15) is 4.79 Å². The Labute approximate surface area is 120 Å². The van der Waals surface area contributed by atoms with Gasteiger partial charge in [0.2, 0.25) is 0 Å². The Morgan fingerprint density at radius 2 is 2.40 bits per heavy atom. The van der Waals surface area contributed by atoms with Gasteiger partial charge in [-0.1, -0.05) is 6.07 Å². The average molecular weight is 295 g/mol. The van der Waals surface area contributed by atoms with E-state index in [1.54, 1.807) is 20.4 Å². The van der Waals surface area contributed by atoms with Gasteiger partial charge in [-0.25, -0.2) is 14.9 Å². The van der Waals surface area contributed by atoms with Gasteiger partial charge in [-0.3, -0.25) is 4.57 Å². The van der Waals surface area contributed by atoms with Crippen LogP contribution in [0.3, 0.4) is 0 Å². The Morgan fingerprint density at radius 1 is 1.55 bits per heavy atom. The van der Waals surface area contributed by atoms with Crippen molar-refractivity contribution in [2.24, 2.45) is 7.05 Å². The molecule has 0 unspecified atom stereocenters. The molecular formula is C12H17N5O2S. The quantitative estimate of drug-likeness (QED) is 0.719. The van der Waals surface area contributed by atoms with Gasteiger partial charge in [0.1, 0.15) is 5.03 Å². The molecule has 0 bridgehead atoms. The van der Waals surface area contributed by atoms with Crippen molar-refractivity contribution >= 4 is 11.8 Å². The number of pyridine rings is 1. The van der Waals surface area contributed by atoms with Crippen molar-refractivity contribution in [2.75, 3.05) is 20.3 Å².